The quantitative estimate of drug-likeness (QED) is 0.901. The molecule has 1 aromatic rings. The minimum absolute atomic E-state index is 0.114. The molecular weight excluding hydrogens is 280 g/mol. The van der Waals surface area contributed by atoms with Gasteiger partial charge in [-0.05, 0) is 24.8 Å². The molecule has 118 valence electrons. The van der Waals surface area contributed by atoms with Crippen LogP contribution in [0.5, 0.6) is 0 Å². The van der Waals surface area contributed by atoms with Gasteiger partial charge >= 0.3 is 12.0 Å². The summed E-state index contributed by atoms with van der Waals surface area (Å²) in [4.78, 5) is 25.0. The second-order valence-corrected chi connectivity index (χ2v) is 6.27. The van der Waals surface area contributed by atoms with E-state index in [0.29, 0.717) is 25.4 Å². The molecule has 2 N–H and O–H groups in total. The average molecular weight is 302 g/mol. The van der Waals surface area contributed by atoms with E-state index >= 15 is 0 Å². The lowest BCUT2D eigenvalue weighted by atomic mass is 9.94. The number of carboxylic acids is 1. The minimum atomic E-state index is -0.807. The van der Waals surface area contributed by atoms with Crippen LogP contribution in [0.2, 0.25) is 0 Å². The third kappa shape index (κ3) is 3.08. The molecular formula is C17H22N2O3. The van der Waals surface area contributed by atoms with Crippen LogP contribution in [0.1, 0.15) is 37.2 Å². The van der Waals surface area contributed by atoms with Gasteiger partial charge in [0.05, 0.1) is 5.92 Å². The summed E-state index contributed by atoms with van der Waals surface area (Å²) in [5.41, 5.74) is 1.27. The highest BCUT2D eigenvalue weighted by molar-refractivity contribution is 5.77. The van der Waals surface area contributed by atoms with Gasteiger partial charge in [-0.3, -0.25) is 4.79 Å². The minimum Gasteiger partial charge on any atom is -0.481 e. The Balaban J connectivity index is 1.60. The number of amides is 2. The molecule has 5 heteroatoms. The van der Waals surface area contributed by atoms with Crippen molar-refractivity contribution in [2.24, 2.45) is 5.92 Å². The molecule has 0 spiro atoms. The van der Waals surface area contributed by atoms with Crippen LogP contribution >= 0.6 is 0 Å². The molecule has 3 rings (SSSR count). The zero-order chi connectivity index (χ0) is 15.5. The Morgan fingerprint density at radius 1 is 1.14 bits per heavy atom. The molecule has 3 atom stereocenters. The van der Waals surface area contributed by atoms with Crippen molar-refractivity contribution in [3.63, 3.8) is 0 Å². The van der Waals surface area contributed by atoms with Crippen LogP contribution < -0.4 is 5.32 Å². The Morgan fingerprint density at radius 2 is 1.91 bits per heavy atom. The van der Waals surface area contributed by atoms with Crippen molar-refractivity contribution in [1.82, 2.24) is 10.2 Å². The summed E-state index contributed by atoms with van der Waals surface area (Å²) in [6.07, 6.45) is 3.74. The molecule has 1 aromatic carbocycles. The van der Waals surface area contributed by atoms with Gasteiger partial charge in [0.2, 0.25) is 0 Å². The number of carboxylic acid groups (broad SMARTS) is 1. The van der Waals surface area contributed by atoms with Crippen LogP contribution in [0.25, 0.3) is 0 Å². The third-order valence-electron chi connectivity index (χ3n) is 4.88. The lowest BCUT2D eigenvalue weighted by Gasteiger charge is -2.25. The number of benzene rings is 1. The number of aliphatic carboxylic acids is 1. The monoisotopic (exact) mass is 302 g/mol. The molecule has 2 fully saturated rings. The molecule has 2 aliphatic rings. The first-order valence-corrected chi connectivity index (χ1v) is 7.98. The SMILES string of the molecule is O=C(O)C1CCN(C(=O)NC2CCCC2c2ccccc2)C1. The molecule has 5 nitrogen and oxygen atoms in total. The normalized spacial score (nSPS) is 27.8. The third-order valence-corrected chi connectivity index (χ3v) is 4.88. The Bertz CT molecular complexity index is 546. The molecule has 22 heavy (non-hydrogen) atoms. The van der Waals surface area contributed by atoms with Crippen molar-refractivity contribution in [2.45, 2.75) is 37.6 Å². The predicted molar refractivity (Wildman–Crippen MR) is 82.7 cm³/mol. The van der Waals surface area contributed by atoms with E-state index in [-0.39, 0.29) is 12.1 Å². The highest BCUT2D eigenvalue weighted by atomic mass is 16.4. The van der Waals surface area contributed by atoms with Gasteiger partial charge in [-0.25, -0.2) is 4.79 Å². The van der Waals surface area contributed by atoms with Crippen LogP contribution in [0.3, 0.4) is 0 Å². The van der Waals surface area contributed by atoms with Crippen LogP contribution in [-0.2, 0) is 4.79 Å². The van der Waals surface area contributed by atoms with Gasteiger partial charge < -0.3 is 15.3 Å². The summed E-state index contributed by atoms with van der Waals surface area (Å²) in [6, 6.07) is 10.3. The number of rotatable bonds is 3. The molecule has 1 aliphatic carbocycles. The van der Waals surface area contributed by atoms with Gasteiger partial charge in [-0.15, -0.1) is 0 Å². The van der Waals surface area contributed by atoms with Crippen molar-refractivity contribution < 1.29 is 14.7 Å². The van der Waals surface area contributed by atoms with Gasteiger partial charge in [-0.2, -0.15) is 0 Å². The maximum absolute atomic E-state index is 12.4. The molecule has 1 heterocycles. The molecule has 2 amide bonds. The lowest BCUT2D eigenvalue weighted by molar-refractivity contribution is -0.141. The smallest absolute Gasteiger partial charge is 0.317 e. The first-order chi connectivity index (χ1) is 10.6. The zero-order valence-corrected chi connectivity index (χ0v) is 12.6. The van der Waals surface area contributed by atoms with E-state index in [4.69, 9.17) is 5.11 Å². The van der Waals surface area contributed by atoms with Gasteiger partial charge in [0.25, 0.3) is 0 Å². The first-order valence-electron chi connectivity index (χ1n) is 7.98. The largest absolute Gasteiger partial charge is 0.481 e. The van der Waals surface area contributed by atoms with Gasteiger partial charge in [0.15, 0.2) is 0 Å². The Morgan fingerprint density at radius 3 is 2.59 bits per heavy atom. The van der Waals surface area contributed by atoms with Crippen molar-refractivity contribution in [3.8, 4) is 0 Å². The number of likely N-dealkylation sites (tertiary alicyclic amines) is 1. The molecule has 0 radical (unpaired) electrons. The van der Waals surface area contributed by atoms with E-state index in [1.807, 2.05) is 18.2 Å². The number of hydrogen-bond donors (Lipinski definition) is 2. The zero-order valence-electron chi connectivity index (χ0n) is 12.6. The van der Waals surface area contributed by atoms with E-state index in [1.165, 1.54) is 5.56 Å². The van der Waals surface area contributed by atoms with Crippen LogP contribution in [0.15, 0.2) is 30.3 Å². The summed E-state index contributed by atoms with van der Waals surface area (Å²) in [7, 11) is 0. The van der Waals surface area contributed by atoms with Crippen LogP contribution in [-0.4, -0.2) is 41.1 Å². The number of carbonyl (C=O) groups excluding carboxylic acids is 1. The number of nitrogens with one attached hydrogen (secondary N) is 1. The summed E-state index contributed by atoms with van der Waals surface area (Å²) < 4.78 is 0. The molecule has 0 aromatic heterocycles. The predicted octanol–water partition coefficient (Wildman–Crippen LogP) is 2.44. The van der Waals surface area contributed by atoms with E-state index in [9.17, 15) is 9.59 Å². The van der Waals surface area contributed by atoms with E-state index in [2.05, 4.69) is 17.4 Å². The van der Waals surface area contributed by atoms with Crippen molar-refractivity contribution >= 4 is 12.0 Å². The highest BCUT2D eigenvalue weighted by Gasteiger charge is 2.34. The maximum atomic E-state index is 12.4. The van der Waals surface area contributed by atoms with Gasteiger partial charge in [0.1, 0.15) is 0 Å². The Labute approximate surface area is 130 Å². The summed E-state index contributed by atoms with van der Waals surface area (Å²) >= 11 is 0. The fourth-order valence-electron chi connectivity index (χ4n) is 3.63. The number of carbonyl (C=O) groups is 2. The first kappa shape index (κ1) is 14.9. The van der Waals surface area contributed by atoms with Gasteiger partial charge in [0, 0.05) is 25.0 Å². The van der Waals surface area contributed by atoms with Crippen molar-refractivity contribution in [1.29, 1.82) is 0 Å². The molecule has 0 bridgehead atoms. The fourth-order valence-corrected chi connectivity index (χ4v) is 3.63. The summed E-state index contributed by atoms with van der Waals surface area (Å²) in [5, 5.41) is 12.2. The van der Waals surface area contributed by atoms with Crippen LogP contribution in [0.4, 0.5) is 4.79 Å². The molecule has 1 saturated carbocycles. The molecule has 3 unspecified atom stereocenters. The Kier molecular flexibility index (Phi) is 4.32. The second-order valence-electron chi connectivity index (χ2n) is 6.27. The maximum Gasteiger partial charge on any atom is 0.317 e. The molecule has 1 aliphatic heterocycles. The number of urea groups is 1. The summed E-state index contributed by atoms with van der Waals surface area (Å²) in [5.74, 6) is -0.861. The van der Waals surface area contributed by atoms with E-state index in [0.717, 1.165) is 19.3 Å². The van der Waals surface area contributed by atoms with Crippen molar-refractivity contribution in [3.05, 3.63) is 35.9 Å². The average Bonchev–Trinajstić information content (AvgIpc) is 3.17. The standard InChI is InChI=1S/C17H22N2O3/c20-16(21)13-9-10-19(11-13)17(22)18-15-8-4-7-14(15)12-5-2-1-3-6-12/h1-3,5-6,13-15H,4,7-11H2,(H,18,22)(H,20,21). The van der Waals surface area contributed by atoms with Gasteiger partial charge in [-0.1, -0.05) is 36.8 Å². The molecule has 1 saturated heterocycles. The van der Waals surface area contributed by atoms with E-state index in [1.54, 1.807) is 4.90 Å². The highest BCUT2D eigenvalue weighted by Crippen LogP contribution is 2.34. The number of nitrogens with zero attached hydrogens (tertiary/aromatic N) is 1. The summed E-state index contributed by atoms with van der Waals surface area (Å²) in [6.45, 7) is 0.857. The topological polar surface area (TPSA) is 69.6 Å². The van der Waals surface area contributed by atoms with Crippen molar-refractivity contribution in [2.75, 3.05) is 13.1 Å². The fraction of sp³-hybridized carbons (Fsp3) is 0.529. The lowest BCUT2D eigenvalue weighted by Crippen LogP contribution is -2.45. The second kappa shape index (κ2) is 6.38. The van der Waals surface area contributed by atoms with Crippen LogP contribution in [0, 0.1) is 5.92 Å². The number of hydrogen-bond acceptors (Lipinski definition) is 2. The Hall–Kier alpha value is -2.04. The van der Waals surface area contributed by atoms with E-state index < -0.39 is 11.9 Å².